The zero-order valence-electron chi connectivity index (χ0n) is 9.56. The third-order valence-electron chi connectivity index (χ3n) is 2.15. The summed E-state index contributed by atoms with van der Waals surface area (Å²) in [6, 6.07) is 7.44. The van der Waals surface area contributed by atoms with Gasteiger partial charge in [-0.15, -0.1) is 0 Å². The highest BCUT2D eigenvalue weighted by atomic mass is 16.5. The number of aryl methyl sites for hydroxylation is 2. The number of nitrogens with zero attached hydrogens (tertiary/aromatic N) is 3. The first-order valence-corrected chi connectivity index (χ1v) is 5.02. The van der Waals surface area contributed by atoms with Crippen LogP contribution in [0.5, 0.6) is 11.8 Å². The summed E-state index contributed by atoms with van der Waals surface area (Å²) in [4.78, 5) is 4.26. The van der Waals surface area contributed by atoms with Crippen LogP contribution < -0.4 is 10.1 Å². The Hall–Kier alpha value is -2.04. The number of aromatic nitrogens is 3. The van der Waals surface area contributed by atoms with Gasteiger partial charge in [0.2, 0.25) is 11.8 Å². The first-order valence-electron chi connectivity index (χ1n) is 5.02. The van der Waals surface area contributed by atoms with Crippen LogP contribution in [0.4, 0.5) is 5.82 Å². The lowest BCUT2D eigenvalue weighted by Crippen LogP contribution is -1.98. The topological polar surface area (TPSA) is 52.0 Å². The first-order chi connectivity index (χ1) is 7.69. The number of ether oxygens (including phenoxy) is 1. The van der Waals surface area contributed by atoms with Crippen LogP contribution >= 0.6 is 0 Å². The molecule has 0 radical (unpaired) electrons. The Morgan fingerprint density at radius 2 is 2.19 bits per heavy atom. The lowest BCUT2D eigenvalue weighted by molar-refractivity contribution is 0.416. The Morgan fingerprint density at radius 1 is 1.38 bits per heavy atom. The zero-order valence-corrected chi connectivity index (χ0v) is 9.56. The van der Waals surface area contributed by atoms with E-state index < -0.39 is 0 Å². The lowest BCUT2D eigenvalue weighted by atomic mass is 10.4. The highest BCUT2D eigenvalue weighted by Crippen LogP contribution is 2.20. The van der Waals surface area contributed by atoms with Crippen LogP contribution in [0.3, 0.4) is 0 Å². The van der Waals surface area contributed by atoms with Gasteiger partial charge in [-0.25, -0.2) is 4.68 Å². The molecule has 0 saturated carbocycles. The van der Waals surface area contributed by atoms with Gasteiger partial charge < -0.3 is 10.1 Å². The van der Waals surface area contributed by atoms with Crippen LogP contribution in [0.25, 0.3) is 0 Å². The van der Waals surface area contributed by atoms with E-state index in [0.29, 0.717) is 11.8 Å². The van der Waals surface area contributed by atoms with Crippen molar-refractivity contribution in [3.05, 3.63) is 30.0 Å². The Labute approximate surface area is 94.1 Å². The Kier molecular flexibility index (Phi) is 2.76. The maximum Gasteiger partial charge on any atom is 0.223 e. The molecule has 0 atom stereocenters. The monoisotopic (exact) mass is 218 g/mol. The highest BCUT2D eigenvalue weighted by molar-refractivity contribution is 5.37. The fraction of sp³-hybridized carbons (Fsp3) is 0.273. The normalized spacial score (nSPS) is 10.2. The summed E-state index contributed by atoms with van der Waals surface area (Å²) in [6.45, 7) is 1.92. The summed E-state index contributed by atoms with van der Waals surface area (Å²) < 4.78 is 7.31. The van der Waals surface area contributed by atoms with E-state index >= 15 is 0 Å². The van der Waals surface area contributed by atoms with Gasteiger partial charge in [-0.2, -0.15) is 10.1 Å². The average Bonchev–Trinajstić information content (AvgIpc) is 2.58. The van der Waals surface area contributed by atoms with Crippen LogP contribution in [-0.2, 0) is 7.05 Å². The van der Waals surface area contributed by atoms with Gasteiger partial charge in [0.05, 0.1) is 5.69 Å². The molecule has 0 bridgehead atoms. The summed E-state index contributed by atoms with van der Waals surface area (Å²) in [5, 5.41) is 7.16. The van der Waals surface area contributed by atoms with E-state index in [4.69, 9.17) is 4.74 Å². The fourth-order valence-corrected chi connectivity index (χ4v) is 1.40. The van der Waals surface area contributed by atoms with Crippen LogP contribution in [0.1, 0.15) is 5.69 Å². The Bertz CT molecular complexity index is 492. The van der Waals surface area contributed by atoms with Crippen molar-refractivity contribution in [2.45, 2.75) is 6.92 Å². The number of rotatable bonds is 3. The summed E-state index contributed by atoms with van der Waals surface area (Å²) in [6.07, 6.45) is 0. The van der Waals surface area contributed by atoms with E-state index in [1.807, 2.05) is 45.3 Å². The van der Waals surface area contributed by atoms with Crippen molar-refractivity contribution in [3.8, 4) is 11.8 Å². The largest absolute Gasteiger partial charge is 0.421 e. The molecule has 84 valence electrons. The predicted octanol–water partition coefficient (Wildman–Crippen LogP) is 1.96. The molecular weight excluding hydrogens is 204 g/mol. The molecule has 0 aromatic carbocycles. The molecule has 2 aromatic heterocycles. The van der Waals surface area contributed by atoms with Gasteiger partial charge in [-0.3, -0.25) is 0 Å². The van der Waals surface area contributed by atoms with E-state index in [1.165, 1.54) is 0 Å². The Balaban J connectivity index is 2.23. The second-order valence-electron chi connectivity index (χ2n) is 3.46. The van der Waals surface area contributed by atoms with Gasteiger partial charge >= 0.3 is 0 Å². The molecule has 0 amide bonds. The van der Waals surface area contributed by atoms with Crippen molar-refractivity contribution in [3.63, 3.8) is 0 Å². The lowest BCUT2D eigenvalue weighted by Gasteiger charge is -2.05. The van der Waals surface area contributed by atoms with Crippen molar-refractivity contribution in [2.24, 2.45) is 7.05 Å². The standard InChI is InChI=1S/C11H14N4O/c1-8-7-11(15(3)14-8)16-10-6-4-5-9(12-2)13-10/h4-7H,1-3H3,(H,12,13). The van der Waals surface area contributed by atoms with Gasteiger partial charge in [0.15, 0.2) is 0 Å². The van der Waals surface area contributed by atoms with Crippen LogP contribution in [0.15, 0.2) is 24.3 Å². The van der Waals surface area contributed by atoms with E-state index in [0.717, 1.165) is 11.5 Å². The smallest absolute Gasteiger partial charge is 0.223 e. The van der Waals surface area contributed by atoms with Crippen molar-refractivity contribution < 1.29 is 4.74 Å². The molecular formula is C11H14N4O. The fourth-order valence-electron chi connectivity index (χ4n) is 1.40. The van der Waals surface area contributed by atoms with Gasteiger partial charge in [-0.1, -0.05) is 6.07 Å². The number of anilines is 1. The van der Waals surface area contributed by atoms with Gasteiger partial charge in [0.1, 0.15) is 5.82 Å². The van der Waals surface area contributed by atoms with Gasteiger partial charge in [0.25, 0.3) is 0 Å². The predicted molar refractivity (Wildman–Crippen MR) is 61.8 cm³/mol. The molecule has 0 aliphatic heterocycles. The maximum absolute atomic E-state index is 5.62. The number of hydrogen-bond acceptors (Lipinski definition) is 4. The second-order valence-corrected chi connectivity index (χ2v) is 3.46. The molecule has 0 spiro atoms. The second kappa shape index (κ2) is 4.22. The molecule has 0 aliphatic rings. The minimum absolute atomic E-state index is 0.551. The van der Waals surface area contributed by atoms with Crippen molar-refractivity contribution in [1.82, 2.24) is 14.8 Å². The van der Waals surface area contributed by atoms with Crippen molar-refractivity contribution >= 4 is 5.82 Å². The van der Waals surface area contributed by atoms with Crippen LogP contribution in [-0.4, -0.2) is 21.8 Å². The molecule has 1 N–H and O–H groups in total. The molecule has 2 heterocycles. The molecule has 0 fully saturated rings. The molecule has 5 nitrogen and oxygen atoms in total. The van der Waals surface area contributed by atoms with E-state index in [-0.39, 0.29) is 0 Å². The third kappa shape index (κ3) is 2.13. The quantitative estimate of drug-likeness (QED) is 0.855. The van der Waals surface area contributed by atoms with E-state index in [9.17, 15) is 0 Å². The van der Waals surface area contributed by atoms with Gasteiger partial charge in [-0.05, 0) is 13.0 Å². The number of nitrogens with one attached hydrogen (secondary N) is 1. The summed E-state index contributed by atoms with van der Waals surface area (Å²) >= 11 is 0. The number of pyridine rings is 1. The third-order valence-corrected chi connectivity index (χ3v) is 2.15. The van der Waals surface area contributed by atoms with Crippen molar-refractivity contribution in [1.29, 1.82) is 0 Å². The molecule has 0 saturated heterocycles. The maximum atomic E-state index is 5.62. The highest BCUT2D eigenvalue weighted by Gasteiger charge is 2.05. The minimum atomic E-state index is 0.551. The average molecular weight is 218 g/mol. The summed E-state index contributed by atoms with van der Waals surface area (Å²) in [7, 11) is 3.66. The van der Waals surface area contributed by atoms with E-state index in [1.54, 1.807) is 4.68 Å². The summed E-state index contributed by atoms with van der Waals surface area (Å²) in [5.74, 6) is 2.00. The molecule has 0 unspecified atom stereocenters. The molecule has 5 heteroatoms. The van der Waals surface area contributed by atoms with E-state index in [2.05, 4.69) is 15.4 Å². The number of hydrogen-bond donors (Lipinski definition) is 1. The molecule has 2 rings (SSSR count). The van der Waals surface area contributed by atoms with Gasteiger partial charge in [0, 0.05) is 26.2 Å². The minimum Gasteiger partial charge on any atom is -0.421 e. The first kappa shape index (κ1) is 10.5. The molecule has 2 aromatic rings. The van der Waals surface area contributed by atoms with Crippen molar-refractivity contribution in [2.75, 3.05) is 12.4 Å². The SMILES string of the molecule is CNc1cccc(Oc2cc(C)nn2C)n1. The van der Waals surface area contributed by atoms with Crippen LogP contribution in [0.2, 0.25) is 0 Å². The summed E-state index contributed by atoms with van der Waals surface area (Å²) in [5.41, 5.74) is 0.919. The molecule has 0 aliphatic carbocycles. The van der Waals surface area contributed by atoms with Crippen LogP contribution in [0, 0.1) is 6.92 Å². The zero-order chi connectivity index (χ0) is 11.5. The molecule has 16 heavy (non-hydrogen) atoms. The Morgan fingerprint density at radius 3 is 2.81 bits per heavy atom.